The Morgan fingerprint density at radius 2 is 1.52 bits per heavy atom. The molecule has 0 amide bonds. The highest BCUT2D eigenvalue weighted by Crippen LogP contribution is 2.44. The summed E-state index contributed by atoms with van der Waals surface area (Å²) in [4.78, 5) is 6.07. The van der Waals surface area contributed by atoms with Gasteiger partial charge in [-0.25, -0.2) is 0 Å². The lowest BCUT2D eigenvalue weighted by atomic mass is 10.1. The Labute approximate surface area is 222 Å². The van der Waals surface area contributed by atoms with Gasteiger partial charge >= 0.3 is 0 Å². The minimum atomic E-state index is -0.561. The number of fused-ring (bicyclic) bond motifs is 1. The first-order valence-electron chi connectivity index (χ1n) is 12.2. The molecule has 0 aliphatic rings. The molecule has 0 saturated heterocycles. The van der Waals surface area contributed by atoms with Gasteiger partial charge in [-0.15, -0.1) is 45.3 Å². The number of rotatable bonds is 14. The van der Waals surface area contributed by atoms with Gasteiger partial charge in [0.25, 0.3) is 0 Å². The van der Waals surface area contributed by atoms with Crippen LogP contribution in [0, 0.1) is 0 Å². The molecule has 0 bridgehead atoms. The van der Waals surface area contributed by atoms with Crippen LogP contribution in [0.5, 0.6) is 0 Å². The van der Waals surface area contributed by atoms with Gasteiger partial charge < -0.3 is 5.11 Å². The molecule has 1 atom stereocenters. The molecule has 1 unspecified atom stereocenters. The lowest BCUT2D eigenvalue weighted by Crippen LogP contribution is -1.93. The standard InChI is InChI=1S/C27H33BrOS4/c1-2-3-4-5-6-7-8-9-10-11-12-19-13-14-21(31-19)24-17-20(28)27(33-24)26(29)25-18-23-22(32-25)15-16-30-23/h13-18,26,29H,2-12H2,1H3. The maximum absolute atomic E-state index is 11.0. The van der Waals surface area contributed by atoms with E-state index in [4.69, 9.17) is 0 Å². The average Bonchev–Trinajstić information content (AvgIpc) is 3.58. The number of hydrogen-bond donors (Lipinski definition) is 1. The van der Waals surface area contributed by atoms with Crippen LogP contribution in [-0.4, -0.2) is 5.11 Å². The van der Waals surface area contributed by atoms with Crippen molar-refractivity contribution in [2.45, 2.75) is 83.7 Å². The molecule has 178 valence electrons. The molecule has 33 heavy (non-hydrogen) atoms. The van der Waals surface area contributed by atoms with Crippen LogP contribution in [0.3, 0.4) is 0 Å². The molecule has 0 aromatic carbocycles. The minimum Gasteiger partial charge on any atom is -0.382 e. The Kier molecular flexibility index (Phi) is 10.1. The van der Waals surface area contributed by atoms with E-state index in [0.29, 0.717) is 0 Å². The molecule has 1 nitrogen and oxygen atoms in total. The largest absolute Gasteiger partial charge is 0.382 e. The highest BCUT2D eigenvalue weighted by atomic mass is 79.9. The van der Waals surface area contributed by atoms with E-state index in [9.17, 15) is 5.11 Å². The van der Waals surface area contributed by atoms with E-state index < -0.39 is 6.10 Å². The minimum absolute atomic E-state index is 0.561. The summed E-state index contributed by atoms with van der Waals surface area (Å²) in [5.74, 6) is 0. The summed E-state index contributed by atoms with van der Waals surface area (Å²) in [5, 5.41) is 13.1. The molecule has 0 fully saturated rings. The van der Waals surface area contributed by atoms with Crippen LogP contribution in [0.1, 0.15) is 91.9 Å². The Hall–Kier alpha value is -0.500. The van der Waals surface area contributed by atoms with Crippen molar-refractivity contribution in [3.05, 3.63) is 54.8 Å². The fourth-order valence-corrected chi connectivity index (χ4v) is 9.39. The summed E-state index contributed by atoms with van der Waals surface area (Å²) in [6.45, 7) is 2.28. The molecular formula is C27H33BrOS4. The van der Waals surface area contributed by atoms with E-state index in [1.54, 1.807) is 34.0 Å². The lowest BCUT2D eigenvalue weighted by Gasteiger charge is -2.06. The van der Waals surface area contributed by atoms with Crippen molar-refractivity contribution in [2.75, 3.05) is 0 Å². The van der Waals surface area contributed by atoms with Crippen molar-refractivity contribution in [3.8, 4) is 9.75 Å². The zero-order valence-electron chi connectivity index (χ0n) is 19.3. The van der Waals surface area contributed by atoms with Crippen molar-refractivity contribution in [1.29, 1.82) is 0 Å². The molecule has 4 aromatic heterocycles. The van der Waals surface area contributed by atoms with Crippen molar-refractivity contribution >= 4 is 70.7 Å². The van der Waals surface area contributed by atoms with Gasteiger partial charge in [0.1, 0.15) is 6.10 Å². The number of hydrogen-bond acceptors (Lipinski definition) is 5. The van der Waals surface area contributed by atoms with Crippen molar-refractivity contribution in [3.63, 3.8) is 0 Å². The van der Waals surface area contributed by atoms with Gasteiger partial charge in [0, 0.05) is 33.4 Å². The third kappa shape index (κ3) is 7.02. The average molecular weight is 582 g/mol. The van der Waals surface area contributed by atoms with Crippen LogP contribution in [0.15, 0.2) is 40.2 Å². The van der Waals surface area contributed by atoms with Crippen molar-refractivity contribution in [1.82, 2.24) is 0 Å². The first-order valence-corrected chi connectivity index (χ1v) is 16.3. The quantitative estimate of drug-likeness (QED) is 0.147. The van der Waals surface area contributed by atoms with Crippen LogP contribution in [-0.2, 0) is 6.42 Å². The first kappa shape index (κ1) is 25.6. The van der Waals surface area contributed by atoms with Gasteiger partial charge in [0.05, 0.1) is 4.88 Å². The van der Waals surface area contributed by atoms with Crippen LogP contribution >= 0.6 is 61.3 Å². The molecule has 1 N–H and O–H groups in total. The van der Waals surface area contributed by atoms with E-state index in [0.717, 1.165) is 14.2 Å². The number of aliphatic hydroxyl groups excluding tert-OH is 1. The molecule has 6 heteroatoms. The lowest BCUT2D eigenvalue weighted by molar-refractivity contribution is 0.227. The SMILES string of the molecule is CCCCCCCCCCCCc1ccc(-c2cc(Br)c(C(O)c3cc4sccc4s3)s2)s1. The Morgan fingerprint density at radius 1 is 0.788 bits per heavy atom. The second kappa shape index (κ2) is 13.0. The number of aryl methyl sites for hydroxylation is 1. The number of thiophene rings is 4. The zero-order valence-corrected chi connectivity index (χ0v) is 24.1. The van der Waals surface area contributed by atoms with Gasteiger partial charge in [-0.05, 0) is 64.5 Å². The number of unbranched alkanes of at least 4 members (excludes halogenated alkanes) is 9. The summed E-state index contributed by atoms with van der Waals surface area (Å²) in [5.41, 5.74) is 0. The molecule has 0 radical (unpaired) electrons. The van der Waals surface area contributed by atoms with E-state index in [-0.39, 0.29) is 0 Å². The molecule has 0 aliphatic carbocycles. The van der Waals surface area contributed by atoms with Crippen LogP contribution in [0.2, 0.25) is 0 Å². The number of halogens is 1. The third-order valence-electron chi connectivity index (χ3n) is 6.07. The molecule has 4 aromatic rings. The third-order valence-corrected chi connectivity index (χ3v) is 11.7. The zero-order chi connectivity index (χ0) is 23.0. The van der Waals surface area contributed by atoms with Gasteiger partial charge in [-0.2, -0.15) is 0 Å². The van der Waals surface area contributed by atoms with Crippen molar-refractivity contribution < 1.29 is 5.11 Å². The molecular weight excluding hydrogens is 548 g/mol. The highest BCUT2D eigenvalue weighted by molar-refractivity contribution is 9.10. The van der Waals surface area contributed by atoms with Gasteiger partial charge in [-0.1, -0.05) is 64.7 Å². The smallest absolute Gasteiger partial charge is 0.124 e. The topological polar surface area (TPSA) is 20.2 Å². The van der Waals surface area contributed by atoms with Gasteiger partial charge in [0.2, 0.25) is 0 Å². The monoisotopic (exact) mass is 580 g/mol. The molecule has 4 heterocycles. The molecule has 0 spiro atoms. The van der Waals surface area contributed by atoms with E-state index >= 15 is 0 Å². The van der Waals surface area contributed by atoms with Crippen LogP contribution < -0.4 is 0 Å². The predicted octanol–water partition coefficient (Wildman–Crippen LogP) is 11.1. The normalized spacial score (nSPS) is 12.7. The van der Waals surface area contributed by atoms with Crippen LogP contribution in [0.4, 0.5) is 0 Å². The Morgan fingerprint density at radius 3 is 2.24 bits per heavy atom. The Balaban J connectivity index is 1.24. The Bertz CT molecular complexity index is 1090. The predicted molar refractivity (Wildman–Crippen MR) is 155 cm³/mol. The number of aliphatic hydroxyl groups is 1. The fourth-order valence-electron chi connectivity index (χ4n) is 4.17. The molecule has 4 rings (SSSR count). The first-order chi connectivity index (χ1) is 16.2. The van der Waals surface area contributed by atoms with Crippen molar-refractivity contribution in [2.24, 2.45) is 0 Å². The van der Waals surface area contributed by atoms with E-state index in [1.807, 2.05) is 11.3 Å². The second-order valence-corrected chi connectivity index (χ2v) is 13.9. The summed E-state index contributed by atoms with van der Waals surface area (Å²) >= 11 is 10.8. The maximum Gasteiger partial charge on any atom is 0.124 e. The molecule has 0 aliphatic heterocycles. The van der Waals surface area contributed by atoms with Gasteiger partial charge in [-0.3, -0.25) is 0 Å². The highest BCUT2D eigenvalue weighted by Gasteiger charge is 2.21. The summed E-state index contributed by atoms with van der Waals surface area (Å²) in [6, 6.07) is 11.0. The van der Waals surface area contributed by atoms with E-state index in [1.165, 1.54) is 94.7 Å². The van der Waals surface area contributed by atoms with Gasteiger partial charge in [0.15, 0.2) is 0 Å². The summed E-state index contributed by atoms with van der Waals surface area (Å²) in [6.07, 6.45) is 14.5. The van der Waals surface area contributed by atoms with E-state index in [2.05, 4.69) is 58.6 Å². The summed E-state index contributed by atoms with van der Waals surface area (Å²) in [7, 11) is 0. The molecule has 0 saturated carbocycles. The fraction of sp³-hybridized carbons (Fsp3) is 0.481. The summed E-state index contributed by atoms with van der Waals surface area (Å²) < 4.78 is 3.53. The van der Waals surface area contributed by atoms with Crippen LogP contribution in [0.25, 0.3) is 19.2 Å². The maximum atomic E-state index is 11.0. The second-order valence-electron chi connectivity index (χ2n) is 8.72.